The first-order valence-corrected chi connectivity index (χ1v) is 7.93. The van der Waals surface area contributed by atoms with E-state index in [0.29, 0.717) is 26.1 Å². The van der Waals surface area contributed by atoms with Crippen molar-refractivity contribution in [2.24, 2.45) is 0 Å². The molecule has 1 atom stereocenters. The molecule has 0 spiro atoms. The standard InChI is InChI=1S/C19H20FNO3/c1-23-17-7-5-14(6-8-17)11-19(22)21-9-10-24-18(13-21)15-3-2-4-16(20)12-15/h2-8,12,18H,9-11,13H2,1H3. The second-order valence-electron chi connectivity index (χ2n) is 5.78. The van der Waals surface area contributed by atoms with Crippen LogP contribution in [0.5, 0.6) is 5.75 Å². The van der Waals surface area contributed by atoms with E-state index in [-0.39, 0.29) is 17.8 Å². The minimum absolute atomic E-state index is 0.0462. The molecule has 2 aromatic rings. The smallest absolute Gasteiger partial charge is 0.227 e. The SMILES string of the molecule is COc1ccc(CC(=O)N2CCOC(c3cccc(F)c3)C2)cc1. The summed E-state index contributed by atoms with van der Waals surface area (Å²) >= 11 is 0. The Bertz CT molecular complexity index is 702. The molecule has 0 radical (unpaired) electrons. The number of ether oxygens (including phenoxy) is 2. The van der Waals surface area contributed by atoms with Crippen LogP contribution in [0, 0.1) is 5.82 Å². The highest BCUT2D eigenvalue weighted by Gasteiger charge is 2.25. The molecule has 0 bridgehead atoms. The van der Waals surface area contributed by atoms with Crippen LogP contribution in [-0.4, -0.2) is 37.6 Å². The summed E-state index contributed by atoms with van der Waals surface area (Å²) in [7, 11) is 1.61. The van der Waals surface area contributed by atoms with Gasteiger partial charge in [-0.1, -0.05) is 24.3 Å². The van der Waals surface area contributed by atoms with Crippen LogP contribution in [-0.2, 0) is 16.0 Å². The van der Waals surface area contributed by atoms with Crippen molar-refractivity contribution in [2.45, 2.75) is 12.5 Å². The molecular weight excluding hydrogens is 309 g/mol. The van der Waals surface area contributed by atoms with Gasteiger partial charge in [-0.3, -0.25) is 4.79 Å². The van der Waals surface area contributed by atoms with Crippen molar-refractivity contribution < 1.29 is 18.7 Å². The van der Waals surface area contributed by atoms with Crippen molar-refractivity contribution in [3.05, 3.63) is 65.5 Å². The van der Waals surface area contributed by atoms with Crippen LogP contribution in [0.4, 0.5) is 4.39 Å². The summed E-state index contributed by atoms with van der Waals surface area (Å²) < 4.78 is 24.2. The summed E-state index contributed by atoms with van der Waals surface area (Å²) in [4.78, 5) is 14.3. The predicted octanol–water partition coefficient (Wildman–Crippen LogP) is 2.98. The van der Waals surface area contributed by atoms with E-state index in [2.05, 4.69) is 0 Å². The lowest BCUT2D eigenvalue weighted by molar-refractivity contribution is -0.138. The first kappa shape index (κ1) is 16.5. The minimum Gasteiger partial charge on any atom is -0.497 e. The summed E-state index contributed by atoms with van der Waals surface area (Å²) in [6.45, 7) is 1.45. The summed E-state index contributed by atoms with van der Waals surface area (Å²) in [5.41, 5.74) is 1.70. The molecule has 0 saturated carbocycles. The minimum atomic E-state index is -0.294. The number of morpholine rings is 1. The fourth-order valence-corrected chi connectivity index (χ4v) is 2.81. The van der Waals surface area contributed by atoms with E-state index in [1.54, 1.807) is 18.1 Å². The average Bonchev–Trinajstić information content (AvgIpc) is 2.62. The number of nitrogens with zero attached hydrogens (tertiary/aromatic N) is 1. The van der Waals surface area contributed by atoms with Gasteiger partial charge in [0.1, 0.15) is 17.7 Å². The molecule has 1 aliphatic rings. The Hall–Kier alpha value is -2.40. The van der Waals surface area contributed by atoms with E-state index in [4.69, 9.17) is 9.47 Å². The lowest BCUT2D eigenvalue weighted by Gasteiger charge is -2.33. The summed E-state index contributed by atoms with van der Waals surface area (Å²) in [6, 6.07) is 13.8. The van der Waals surface area contributed by atoms with Crippen LogP contribution in [0.1, 0.15) is 17.2 Å². The van der Waals surface area contributed by atoms with E-state index < -0.39 is 0 Å². The van der Waals surface area contributed by atoms with Gasteiger partial charge in [-0.05, 0) is 35.4 Å². The fraction of sp³-hybridized carbons (Fsp3) is 0.316. The van der Waals surface area contributed by atoms with Gasteiger partial charge < -0.3 is 14.4 Å². The monoisotopic (exact) mass is 329 g/mol. The Morgan fingerprint density at radius 3 is 2.79 bits per heavy atom. The number of carbonyl (C=O) groups is 1. The fourth-order valence-electron chi connectivity index (χ4n) is 2.81. The van der Waals surface area contributed by atoms with Crippen molar-refractivity contribution in [1.82, 2.24) is 4.90 Å². The van der Waals surface area contributed by atoms with E-state index in [0.717, 1.165) is 16.9 Å². The quantitative estimate of drug-likeness (QED) is 0.866. The van der Waals surface area contributed by atoms with Gasteiger partial charge in [0.05, 0.1) is 26.7 Å². The molecular formula is C19H20FNO3. The zero-order chi connectivity index (χ0) is 16.9. The highest BCUT2D eigenvalue weighted by atomic mass is 19.1. The summed E-state index contributed by atoms with van der Waals surface area (Å²) in [5.74, 6) is 0.520. The molecule has 1 fully saturated rings. The molecule has 126 valence electrons. The lowest BCUT2D eigenvalue weighted by Crippen LogP contribution is -2.43. The number of hydrogen-bond acceptors (Lipinski definition) is 3. The largest absolute Gasteiger partial charge is 0.497 e. The normalized spacial score (nSPS) is 17.6. The second-order valence-corrected chi connectivity index (χ2v) is 5.78. The van der Waals surface area contributed by atoms with Gasteiger partial charge in [0.2, 0.25) is 5.91 Å². The maximum atomic E-state index is 13.4. The Morgan fingerprint density at radius 2 is 2.08 bits per heavy atom. The van der Waals surface area contributed by atoms with Gasteiger partial charge in [-0.25, -0.2) is 4.39 Å². The van der Waals surface area contributed by atoms with Crippen LogP contribution >= 0.6 is 0 Å². The van der Waals surface area contributed by atoms with Gasteiger partial charge in [0.15, 0.2) is 0 Å². The van der Waals surface area contributed by atoms with Crippen molar-refractivity contribution >= 4 is 5.91 Å². The van der Waals surface area contributed by atoms with Crippen LogP contribution in [0.15, 0.2) is 48.5 Å². The van der Waals surface area contributed by atoms with Crippen LogP contribution in [0.2, 0.25) is 0 Å². The molecule has 0 aliphatic carbocycles. The second kappa shape index (κ2) is 7.45. The highest BCUT2D eigenvalue weighted by molar-refractivity contribution is 5.79. The Balaban J connectivity index is 1.64. The Kier molecular flexibility index (Phi) is 5.11. The summed E-state index contributed by atoms with van der Waals surface area (Å²) in [6.07, 6.45) is 0.0501. The molecule has 4 nitrogen and oxygen atoms in total. The molecule has 2 aromatic carbocycles. The number of methoxy groups -OCH3 is 1. The number of carbonyl (C=O) groups excluding carboxylic acids is 1. The summed E-state index contributed by atoms with van der Waals surface area (Å²) in [5, 5.41) is 0. The number of halogens is 1. The zero-order valence-electron chi connectivity index (χ0n) is 13.6. The van der Waals surface area contributed by atoms with Gasteiger partial charge in [-0.2, -0.15) is 0 Å². The molecule has 1 heterocycles. The molecule has 0 N–H and O–H groups in total. The number of rotatable bonds is 4. The maximum absolute atomic E-state index is 13.4. The molecule has 1 amide bonds. The van der Waals surface area contributed by atoms with Crippen LogP contribution in [0.25, 0.3) is 0 Å². The van der Waals surface area contributed by atoms with Gasteiger partial charge in [-0.15, -0.1) is 0 Å². The Labute approximate surface area is 140 Å². The lowest BCUT2D eigenvalue weighted by atomic mass is 10.1. The van der Waals surface area contributed by atoms with Crippen molar-refractivity contribution in [3.8, 4) is 5.75 Å². The van der Waals surface area contributed by atoms with Crippen molar-refractivity contribution in [3.63, 3.8) is 0 Å². The van der Waals surface area contributed by atoms with Gasteiger partial charge in [0.25, 0.3) is 0 Å². The molecule has 3 rings (SSSR count). The highest BCUT2D eigenvalue weighted by Crippen LogP contribution is 2.23. The topological polar surface area (TPSA) is 38.8 Å². The number of hydrogen-bond donors (Lipinski definition) is 0. The molecule has 0 aromatic heterocycles. The number of amides is 1. The van der Waals surface area contributed by atoms with E-state index >= 15 is 0 Å². The van der Waals surface area contributed by atoms with Crippen LogP contribution in [0.3, 0.4) is 0 Å². The van der Waals surface area contributed by atoms with Crippen molar-refractivity contribution in [2.75, 3.05) is 26.8 Å². The zero-order valence-corrected chi connectivity index (χ0v) is 13.6. The first-order valence-electron chi connectivity index (χ1n) is 7.93. The molecule has 24 heavy (non-hydrogen) atoms. The van der Waals surface area contributed by atoms with Crippen LogP contribution < -0.4 is 4.74 Å². The molecule has 1 aliphatic heterocycles. The first-order chi connectivity index (χ1) is 11.7. The molecule has 1 saturated heterocycles. The average molecular weight is 329 g/mol. The van der Waals surface area contributed by atoms with Gasteiger partial charge >= 0.3 is 0 Å². The number of benzene rings is 2. The third-order valence-electron chi connectivity index (χ3n) is 4.15. The molecule has 5 heteroatoms. The van der Waals surface area contributed by atoms with Gasteiger partial charge in [0, 0.05) is 6.54 Å². The molecule has 1 unspecified atom stereocenters. The third kappa shape index (κ3) is 3.92. The maximum Gasteiger partial charge on any atom is 0.227 e. The third-order valence-corrected chi connectivity index (χ3v) is 4.15. The van der Waals surface area contributed by atoms with E-state index in [1.807, 2.05) is 30.3 Å². The van der Waals surface area contributed by atoms with Crippen molar-refractivity contribution in [1.29, 1.82) is 0 Å². The predicted molar refractivity (Wildman–Crippen MR) is 88.4 cm³/mol. The van der Waals surface area contributed by atoms with E-state index in [9.17, 15) is 9.18 Å². The Morgan fingerprint density at radius 1 is 1.29 bits per heavy atom. The van der Waals surface area contributed by atoms with E-state index in [1.165, 1.54) is 12.1 Å².